The van der Waals surface area contributed by atoms with Gasteiger partial charge < -0.3 is 14.8 Å². The molecule has 0 bridgehead atoms. The van der Waals surface area contributed by atoms with Gasteiger partial charge in [0.2, 0.25) is 5.91 Å². The minimum Gasteiger partial charge on any atom is -0.497 e. The van der Waals surface area contributed by atoms with E-state index < -0.39 is 5.60 Å². The van der Waals surface area contributed by atoms with Crippen molar-refractivity contribution in [3.63, 3.8) is 0 Å². The molecule has 2 aromatic rings. The Labute approximate surface area is 147 Å². The lowest BCUT2D eigenvalue weighted by Crippen LogP contribution is -2.41. The minimum atomic E-state index is -0.405. The Morgan fingerprint density at radius 1 is 1.32 bits per heavy atom. The first kappa shape index (κ1) is 17.3. The van der Waals surface area contributed by atoms with Crippen LogP contribution in [0.2, 0.25) is 0 Å². The van der Waals surface area contributed by atoms with Crippen LogP contribution in [0.4, 0.5) is 4.39 Å². The van der Waals surface area contributed by atoms with Gasteiger partial charge in [-0.2, -0.15) is 0 Å². The number of amides is 1. The first-order valence-corrected chi connectivity index (χ1v) is 8.28. The van der Waals surface area contributed by atoms with E-state index in [4.69, 9.17) is 9.47 Å². The Balaban J connectivity index is 1.82. The van der Waals surface area contributed by atoms with Crippen molar-refractivity contribution < 1.29 is 18.7 Å². The maximum Gasteiger partial charge on any atom is 0.225 e. The molecule has 1 amide bonds. The molecular weight excluding hydrogens is 321 g/mol. The lowest BCUT2D eigenvalue weighted by Gasteiger charge is -2.38. The first-order chi connectivity index (χ1) is 11.9. The van der Waals surface area contributed by atoms with Gasteiger partial charge in [-0.05, 0) is 43.7 Å². The van der Waals surface area contributed by atoms with Crippen molar-refractivity contribution in [1.29, 1.82) is 0 Å². The Morgan fingerprint density at radius 2 is 2.08 bits per heavy atom. The number of fused-ring (bicyclic) bond motifs is 1. The normalized spacial score (nSPS) is 18.0. The van der Waals surface area contributed by atoms with E-state index in [0.717, 1.165) is 11.3 Å². The molecule has 1 atom stereocenters. The van der Waals surface area contributed by atoms with Crippen LogP contribution in [0.25, 0.3) is 0 Å². The van der Waals surface area contributed by atoms with Gasteiger partial charge in [0.15, 0.2) is 0 Å². The Morgan fingerprint density at radius 3 is 2.80 bits per heavy atom. The number of methoxy groups -OCH3 is 1. The van der Waals surface area contributed by atoms with Crippen molar-refractivity contribution in [3.8, 4) is 11.5 Å². The molecule has 0 saturated carbocycles. The number of halogens is 1. The second-order valence-corrected chi connectivity index (χ2v) is 6.86. The second-order valence-electron chi connectivity index (χ2n) is 6.86. The molecule has 1 aliphatic rings. The van der Waals surface area contributed by atoms with Crippen LogP contribution >= 0.6 is 0 Å². The van der Waals surface area contributed by atoms with Crippen LogP contribution in [0, 0.1) is 5.82 Å². The average Bonchev–Trinajstić information content (AvgIpc) is 2.55. The third-order valence-corrected chi connectivity index (χ3v) is 4.32. The fourth-order valence-electron chi connectivity index (χ4n) is 3.15. The number of rotatable bonds is 4. The summed E-state index contributed by atoms with van der Waals surface area (Å²) < 4.78 is 25.1. The molecule has 132 valence electrons. The third-order valence-electron chi connectivity index (χ3n) is 4.32. The molecule has 5 heteroatoms. The zero-order valence-corrected chi connectivity index (χ0v) is 14.6. The predicted molar refractivity (Wildman–Crippen MR) is 93.3 cm³/mol. The number of nitrogens with one attached hydrogen (secondary N) is 1. The number of ether oxygens (including phenoxy) is 2. The van der Waals surface area contributed by atoms with E-state index in [1.807, 2.05) is 32.0 Å². The van der Waals surface area contributed by atoms with Gasteiger partial charge in [0.1, 0.15) is 22.9 Å². The van der Waals surface area contributed by atoms with Crippen molar-refractivity contribution in [3.05, 3.63) is 59.4 Å². The molecule has 1 N–H and O–H groups in total. The van der Waals surface area contributed by atoms with Gasteiger partial charge in [-0.15, -0.1) is 0 Å². The van der Waals surface area contributed by atoms with Crippen LogP contribution < -0.4 is 14.8 Å². The Kier molecular flexibility index (Phi) is 4.66. The standard InChI is InChI=1S/C20H22FNO3/c1-20(2)12-17(15-11-14(24-3)8-9-18(15)25-20)22-19(23)10-13-6-4-5-7-16(13)21/h4-9,11,17H,10,12H2,1-3H3,(H,22,23)/t17-/m1/s1. The maximum atomic E-state index is 13.8. The summed E-state index contributed by atoms with van der Waals surface area (Å²) in [7, 11) is 1.60. The van der Waals surface area contributed by atoms with E-state index in [1.165, 1.54) is 6.07 Å². The quantitative estimate of drug-likeness (QED) is 0.919. The maximum absolute atomic E-state index is 13.8. The molecular formula is C20H22FNO3. The largest absolute Gasteiger partial charge is 0.497 e. The number of carbonyl (C=O) groups excluding carboxylic acids is 1. The van der Waals surface area contributed by atoms with Gasteiger partial charge in [0.05, 0.1) is 19.6 Å². The van der Waals surface area contributed by atoms with Crippen molar-refractivity contribution >= 4 is 5.91 Å². The van der Waals surface area contributed by atoms with Crippen molar-refractivity contribution in [2.24, 2.45) is 0 Å². The highest BCUT2D eigenvalue weighted by atomic mass is 19.1. The minimum absolute atomic E-state index is 0.00373. The Bertz CT molecular complexity index is 788. The molecule has 2 aromatic carbocycles. The lowest BCUT2D eigenvalue weighted by atomic mass is 9.89. The van der Waals surface area contributed by atoms with Crippen LogP contribution in [0.1, 0.15) is 37.4 Å². The lowest BCUT2D eigenvalue weighted by molar-refractivity contribution is -0.121. The summed E-state index contributed by atoms with van der Waals surface area (Å²) in [6.45, 7) is 3.96. The fourth-order valence-corrected chi connectivity index (χ4v) is 3.15. The van der Waals surface area contributed by atoms with Gasteiger partial charge >= 0.3 is 0 Å². The molecule has 1 heterocycles. The second kappa shape index (κ2) is 6.75. The summed E-state index contributed by atoms with van der Waals surface area (Å²) in [6, 6.07) is 11.7. The molecule has 4 nitrogen and oxygen atoms in total. The van der Waals surface area contributed by atoms with Gasteiger partial charge in [-0.1, -0.05) is 18.2 Å². The van der Waals surface area contributed by atoms with Crippen molar-refractivity contribution in [2.75, 3.05) is 7.11 Å². The molecule has 0 fully saturated rings. The van der Waals surface area contributed by atoms with E-state index in [2.05, 4.69) is 5.32 Å². The van der Waals surface area contributed by atoms with E-state index in [9.17, 15) is 9.18 Å². The molecule has 0 aliphatic carbocycles. The van der Waals surface area contributed by atoms with Crippen LogP contribution in [-0.4, -0.2) is 18.6 Å². The molecule has 25 heavy (non-hydrogen) atoms. The fraction of sp³-hybridized carbons (Fsp3) is 0.350. The molecule has 0 unspecified atom stereocenters. The monoisotopic (exact) mass is 343 g/mol. The highest BCUT2D eigenvalue weighted by Gasteiger charge is 2.34. The van der Waals surface area contributed by atoms with E-state index in [-0.39, 0.29) is 24.2 Å². The first-order valence-electron chi connectivity index (χ1n) is 8.28. The smallest absolute Gasteiger partial charge is 0.225 e. The van der Waals surface area contributed by atoms with Gasteiger partial charge in [-0.3, -0.25) is 4.79 Å². The molecule has 0 radical (unpaired) electrons. The number of benzene rings is 2. The summed E-state index contributed by atoms with van der Waals surface area (Å²) in [5.41, 5.74) is 0.857. The molecule has 3 rings (SSSR count). The van der Waals surface area contributed by atoms with Crippen LogP contribution in [-0.2, 0) is 11.2 Å². The summed E-state index contributed by atoms with van der Waals surface area (Å²) in [5.74, 6) is 0.845. The van der Waals surface area contributed by atoms with Crippen LogP contribution in [0.15, 0.2) is 42.5 Å². The number of carbonyl (C=O) groups is 1. The zero-order valence-electron chi connectivity index (χ0n) is 14.6. The number of hydrogen-bond acceptors (Lipinski definition) is 3. The zero-order chi connectivity index (χ0) is 18.0. The Hall–Kier alpha value is -2.56. The summed E-state index contributed by atoms with van der Waals surface area (Å²) in [5, 5.41) is 3.02. The third kappa shape index (κ3) is 3.92. The van der Waals surface area contributed by atoms with Crippen LogP contribution in [0.5, 0.6) is 11.5 Å². The van der Waals surface area contributed by atoms with Gasteiger partial charge in [-0.25, -0.2) is 4.39 Å². The highest BCUT2D eigenvalue weighted by molar-refractivity contribution is 5.79. The molecule has 0 saturated heterocycles. The summed E-state index contributed by atoms with van der Waals surface area (Å²) >= 11 is 0. The van der Waals surface area contributed by atoms with Crippen molar-refractivity contribution in [1.82, 2.24) is 5.32 Å². The van der Waals surface area contributed by atoms with Crippen molar-refractivity contribution in [2.45, 2.75) is 38.3 Å². The molecule has 1 aliphatic heterocycles. The number of hydrogen-bond donors (Lipinski definition) is 1. The summed E-state index contributed by atoms with van der Waals surface area (Å²) in [6.07, 6.45) is 0.625. The highest BCUT2D eigenvalue weighted by Crippen LogP contribution is 2.41. The summed E-state index contributed by atoms with van der Waals surface area (Å²) in [4.78, 5) is 12.5. The molecule has 0 spiro atoms. The average molecular weight is 343 g/mol. The van der Waals surface area contributed by atoms with E-state index >= 15 is 0 Å². The molecule has 0 aromatic heterocycles. The van der Waals surface area contributed by atoms with Crippen LogP contribution in [0.3, 0.4) is 0 Å². The van der Waals surface area contributed by atoms with Gasteiger partial charge in [0, 0.05) is 12.0 Å². The SMILES string of the molecule is COc1ccc2c(c1)[C@H](NC(=O)Cc1ccccc1F)CC(C)(C)O2. The van der Waals surface area contributed by atoms with Gasteiger partial charge in [0.25, 0.3) is 0 Å². The van der Waals surface area contributed by atoms with E-state index in [0.29, 0.717) is 17.7 Å². The van der Waals surface area contributed by atoms with E-state index in [1.54, 1.807) is 25.3 Å². The predicted octanol–water partition coefficient (Wildman–Crippen LogP) is 3.80. The topological polar surface area (TPSA) is 47.6 Å².